The molecular weight excluding hydrogens is 190 g/mol. The Balaban J connectivity index is 2.39. The van der Waals surface area contributed by atoms with Crippen molar-refractivity contribution in [2.24, 2.45) is 5.73 Å². The van der Waals surface area contributed by atoms with E-state index in [1.165, 1.54) is 12.8 Å². The fourth-order valence-corrected chi connectivity index (χ4v) is 2.07. The van der Waals surface area contributed by atoms with E-state index in [1.807, 2.05) is 0 Å². The van der Waals surface area contributed by atoms with Crippen LogP contribution in [0.4, 0.5) is 0 Å². The maximum absolute atomic E-state index is 11.5. The van der Waals surface area contributed by atoms with Crippen LogP contribution in [0.15, 0.2) is 0 Å². The smallest absolute Gasteiger partial charge is 0.237 e. The highest BCUT2D eigenvalue weighted by Crippen LogP contribution is 2.17. The Bertz CT molecular complexity index is 200. The Labute approximate surface area is 92.0 Å². The van der Waals surface area contributed by atoms with Gasteiger partial charge in [-0.15, -0.1) is 0 Å². The summed E-state index contributed by atoms with van der Waals surface area (Å²) in [5.41, 5.74) is 5.04. The number of hydrogen-bond acceptors (Lipinski definition) is 3. The molecule has 0 aromatic carbocycles. The summed E-state index contributed by atoms with van der Waals surface area (Å²) in [5.74, 6) is -0.194. The summed E-state index contributed by atoms with van der Waals surface area (Å²) in [7, 11) is 0. The third kappa shape index (κ3) is 3.47. The Morgan fingerprint density at radius 2 is 2.07 bits per heavy atom. The quantitative estimate of drug-likeness (QED) is 0.559. The van der Waals surface area contributed by atoms with Gasteiger partial charge in [-0.05, 0) is 38.9 Å². The van der Waals surface area contributed by atoms with Crippen LogP contribution in [-0.4, -0.2) is 31.1 Å². The van der Waals surface area contributed by atoms with Gasteiger partial charge in [0.25, 0.3) is 0 Å². The molecule has 0 saturated carbocycles. The van der Waals surface area contributed by atoms with E-state index < -0.39 is 5.54 Å². The average molecular weight is 213 g/mol. The van der Waals surface area contributed by atoms with Gasteiger partial charge in [-0.25, -0.2) is 0 Å². The summed E-state index contributed by atoms with van der Waals surface area (Å²) in [5, 5.41) is 6.60. The van der Waals surface area contributed by atoms with Crippen LogP contribution in [0.25, 0.3) is 0 Å². The first-order chi connectivity index (χ1) is 7.21. The predicted molar refractivity (Wildman–Crippen MR) is 61.6 cm³/mol. The largest absolute Gasteiger partial charge is 0.368 e. The molecule has 15 heavy (non-hydrogen) atoms. The predicted octanol–water partition coefficient (Wildman–Crippen LogP) is 0.374. The van der Waals surface area contributed by atoms with Crippen LogP contribution in [0.2, 0.25) is 0 Å². The van der Waals surface area contributed by atoms with Gasteiger partial charge in [-0.2, -0.15) is 0 Å². The first kappa shape index (κ1) is 12.5. The molecule has 1 fully saturated rings. The van der Waals surface area contributed by atoms with E-state index >= 15 is 0 Å². The van der Waals surface area contributed by atoms with Crippen molar-refractivity contribution in [2.75, 3.05) is 19.6 Å². The van der Waals surface area contributed by atoms with E-state index in [9.17, 15) is 4.79 Å². The second-order valence-corrected chi connectivity index (χ2v) is 4.33. The number of hydrogen-bond donors (Lipinski definition) is 3. The summed E-state index contributed by atoms with van der Waals surface area (Å²) in [4.78, 5) is 11.5. The van der Waals surface area contributed by atoms with E-state index in [0.717, 1.165) is 38.9 Å². The van der Waals surface area contributed by atoms with E-state index in [2.05, 4.69) is 17.6 Å². The molecule has 0 atom stereocenters. The maximum atomic E-state index is 11.5. The van der Waals surface area contributed by atoms with Crippen molar-refractivity contribution >= 4 is 5.91 Å². The summed E-state index contributed by atoms with van der Waals surface area (Å²) in [6, 6.07) is 0. The standard InChI is InChI=1S/C11H23N3O/c1-2-3-4-7-14-11(10(12)15)5-8-13-9-6-11/h13-14H,2-9H2,1H3,(H2,12,15). The molecule has 88 valence electrons. The Kier molecular flexibility index (Phi) is 5.05. The summed E-state index contributed by atoms with van der Waals surface area (Å²) >= 11 is 0. The molecule has 0 bridgehead atoms. The Morgan fingerprint density at radius 3 is 2.60 bits per heavy atom. The van der Waals surface area contributed by atoms with Crippen molar-refractivity contribution in [3.63, 3.8) is 0 Å². The molecule has 0 aliphatic carbocycles. The third-order valence-electron chi connectivity index (χ3n) is 3.17. The number of nitrogens with two attached hydrogens (primary N) is 1. The van der Waals surface area contributed by atoms with Crippen LogP contribution in [-0.2, 0) is 4.79 Å². The Hall–Kier alpha value is -0.610. The first-order valence-electron chi connectivity index (χ1n) is 5.97. The molecule has 1 heterocycles. The number of primary amides is 1. The lowest BCUT2D eigenvalue weighted by Crippen LogP contribution is -2.60. The molecule has 0 unspecified atom stereocenters. The van der Waals surface area contributed by atoms with Crippen LogP contribution in [0.3, 0.4) is 0 Å². The molecule has 0 aromatic heterocycles. The molecule has 4 N–H and O–H groups in total. The number of carbonyl (C=O) groups is 1. The minimum atomic E-state index is -0.445. The molecule has 4 nitrogen and oxygen atoms in total. The lowest BCUT2D eigenvalue weighted by Gasteiger charge is -2.35. The molecule has 0 spiro atoms. The van der Waals surface area contributed by atoms with E-state index in [0.29, 0.717) is 0 Å². The number of amides is 1. The minimum absolute atomic E-state index is 0.194. The molecular formula is C11H23N3O. The van der Waals surface area contributed by atoms with Crippen LogP contribution in [0.5, 0.6) is 0 Å². The van der Waals surface area contributed by atoms with Gasteiger partial charge in [0.2, 0.25) is 5.91 Å². The molecule has 1 amide bonds. The maximum Gasteiger partial charge on any atom is 0.237 e. The van der Waals surface area contributed by atoms with Gasteiger partial charge >= 0.3 is 0 Å². The van der Waals surface area contributed by atoms with E-state index in [4.69, 9.17) is 5.73 Å². The summed E-state index contributed by atoms with van der Waals surface area (Å²) in [6.07, 6.45) is 5.16. The van der Waals surface area contributed by atoms with Gasteiger partial charge < -0.3 is 16.4 Å². The molecule has 0 aromatic rings. The van der Waals surface area contributed by atoms with Crippen LogP contribution < -0.4 is 16.4 Å². The van der Waals surface area contributed by atoms with Crippen molar-refractivity contribution in [1.82, 2.24) is 10.6 Å². The third-order valence-corrected chi connectivity index (χ3v) is 3.17. The first-order valence-corrected chi connectivity index (χ1v) is 5.97. The number of rotatable bonds is 6. The molecule has 1 saturated heterocycles. The molecule has 1 aliphatic heterocycles. The highest BCUT2D eigenvalue weighted by Gasteiger charge is 2.36. The van der Waals surface area contributed by atoms with Crippen LogP contribution >= 0.6 is 0 Å². The number of unbranched alkanes of at least 4 members (excludes halogenated alkanes) is 2. The second kappa shape index (κ2) is 6.08. The number of carbonyl (C=O) groups excluding carboxylic acids is 1. The zero-order valence-electron chi connectivity index (χ0n) is 9.64. The zero-order valence-corrected chi connectivity index (χ0v) is 9.64. The number of nitrogens with one attached hydrogen (secondary N) is 2. The fourth-order valence-electron chi connectivity index (χ4n) is 2.07. The van der Waals surface area contributed by atoms with Crippen LogP contribution in [0, 0.1) is 0 Å². The highest BCUT2D eigenvalue weighted by atomic mass is 16.1. The second-order valence-electron chi connectivity index (χ2n) is 4.33. The zero-order chi connectivity index (χ0) is 11.1. The fraction of sp³-hybridized carbons (Fsp3) is 0.909. The highest BCUT2D eigenvalue weighted by molar-refractivity contribution is 5.84. The van der Waals surface area contributed by atoms with Gasteiger partial charge in [0, 0.05) is 0 Å². The monoisotopic (exact) mass is 213 g/mol. The van der Waals surface area contributed by atoms with E-state index in [-0.39, 0.29) is 5.91 Å². The van der Waals surface area contributed by atoms with Crippen molar-refractivity contribution in [2.45, 2.75) is 44.6 Å². The summed E-state index contributed by atoms with van der Waals surface area (Å²) in [6.45, 7) is 4.83. The van der Waals surface area contributed by atoms with Gasteiger partial charge in [0.05, 0.1) is 0 Å². The molecule has 1 rings (SSSR count). The van der Waals surface area contributed by atoms with Gasteiger partial charge in [-0.1, -0.05) is 19.8 Å². The van der Waals surface area contributed by atoms with Gasteiger partial charge in [0.1, 0.15) is 5.54 Å². The van der Waals surface area contributed by atoms with Crippen molar-refractivity contribution in [3.05, 3.63) is 0 Å². The molecule has 4 heteroatoms. The normalized spacial score (nSPS) is 20.1. The van der Waals surface area contributed by atoms with Gasteiger partial charge in [0.15, 0.2) is 0 Å². The van der Waals surface area contributed by atoms with Gasteiger partial charge in [-0.3, -0.25) is 4.79 Å². The van der Waals surface area contributed by atoms with E-state index in [1.54, 1.807) is 0 Å². The number of piperidine rings is 1. The van der Waals surface area contributed by atoms with Crippen molar-refractivity contribution < 1.29 is 4.79 Å². The molecule has 1 aliphatic rings. The lowest BCUT2D eigenvalue weighted by atomic mass is 9.87. The minimum Gasteiger partial charge on any atom is -0.368 e. The van der Waals surface area contributed by atoms with Crippen LogP contribution in [0.1, 0.15) is 39.0 Å². The topological polar surface area (TPSA) is 67.1 Å². The van der Waals surface area contributed by atoms with Crippen molar-refractivity contribution in [1.29, 1.82) is 0 Å². The SMILES string of the molecule is CCCCCNC1(C(N)=O)CCNCC1. The lowest BCUT2D eigenvalue weighted by molar-refractivity contribution is -0.125. The average Bonchev–Trinajstić information content (AvgIpc) is 2.26. The summed E-state index contributed by atoms with van der Waals surface area (Å²) < 4.78 is 0. The van der Waals surface area contributed by atoms with Crippen molar-refractivity contribution in [3.8, 4) is 0 Å². The molecule has 0 radical (unpaired) electrons. The Morgan fingerprint density at radius 1 is 1.40 bits per heavy atom.